The first-order valence-electron chi connectivity index (χ1n) is 9.41. The fourth-order valence-electron chi connectivity index (χ4n) is 3.63. The number of amides is 2. The average Bonchev–Trinajstić information content (AvgIpc) is 3.18. The Morgan fingerprint density at radius 3 is 2.86 bits per heavy atom. The third-order valence-electron chi connectivity index (χ3n) is 4.90. The summed E-state index contributed by atoms with van der Waals surface area (Å²) in [5.41, 5.74) is 1.92. The Balaban J connectivity index is 1.61. The molecule has 1 aliphatic rings. The second-order valence-electron chi connectivity index (χ2n) is 6.89. The SMILES string of the molecule is COCCCN1C(=O)[C@H](CC(=O)Nc2cccc(F)c2)n2c1nc1ccccc12. The molecule has 0 bridgehead atoms. The standard InChI is InChI=1S/C21H21FN4O3/c1-29-11-5-10-25-20(28)18(13-19(27)23-15-7-4-6-14(22)12-15)26-17-9-3-2-8-16(17)24-21(25)26/h2-4,6-9,12,18H,5,10-11,13H2,1H3,(H,23,27)/t18-/m0/s1. The van der Waals surface area contributed by atoms with Crippen molar-refractivity contribution in [2.45, 2.75) is 18.9 Å². The number of halogens is 1. The summed E-state index contributed by atoms with van der Waals surface area (Å²) in [5.74, 6) is -0.442. The van der Waals surface area contributed by atoms with Crippen LogP contribution < -0.4 is 10.2 Å². The van der Waals surface area contributed by atoms with Gasteiger partial charge in [0.05, 0.1) is 17.5 Å². The van der Waals surface area contributed by atoms with Gasteiger partial charge in [0.15, 0.2) is 0 Å². The molecule has 0 aliphatic carbocycles. The zero-order chi connectivity index (χ0) is 20.4. The Morgan fingerprint density at radius 1 is 1.24 bits per heavy atom. The quantitative estimate of drug-likeness (QED) is 0.623. The molecule has 1 atom stereocenters. The lowest BCUT2D eigenvalue weighted by Gasteiger charge is -2.15. The number of para-hydroxylation sites is 2. The lowest BCUT2D eigenvalue weighted by molar-refractivity contribution is -0.124. The topological polar surface area (TPSA) is 76.5 Å². The summed E-state index contributed by atoms with van der Waals surface area (Å²) >= 11 is 0. The van der Waals surface area contributed by atoms with Crippen LogP contribution in [0, 0.1) is 5.82 Å². The molecule has 150 valence electrons. The van der Waals surface area contributed by atoms with E-state index in [9.17, 15) is 14.0 Å². The highest BCUT2D eigenvalue weighted by atomic mass is 19.1. The third kappa shape index (κ3) is 3.71. The molecular formula is C21H21FN4O3. The molecule has 2 heterocycles. The van der Waals surface area contributed by atoms with E-state index in [1.165, 1.54) is 18.2 Å². The van der Waals surface area contributed by atoms with Gasteiger partial charge in [-0.25, -0.2) is 9.37 Å². The number of aromatic nitrogens is 2. The van der Waals surface area contributed by atoms with Crippen LogP contribution in [0.2, 0.25) is 0 Å². The highest BCUT2D eigenvalue weighted by molar-refractivity contribution is 6.05. The van der Waals surface area contributed by atoms with Crippen LogP contribution in [0.5, 0.6) is 0 Å². The minimum absolute atomic E-state index is 0.0660. The first kappa shape index (κ1) is 19.1. The zero-order valence-electron chi connectivity index (χ0n) is 16.0. The largest absolute Gasteiger partial charge is 0.385 e. The zero-order valence-corrected chi connectivity index (χ0v) is 16.0. The van der Waals surface area contributed by atoms with E-state index in [0.29, 0.717) is 31.2 Å². The van der Waals surface area contributed by atoms with Gasteiger partial charge in [0.2, 0.25) is 11.9 Å². The van der Waals surface area contributed by atoms with Gasteiger partial charge in [0, 0.05) is 25.9 Å². The van der Waals surface area contributed by atoms with Crippen LogP contribution >= 0.6 is 0 Å². The number of carbonyl (C=O) groups excluding carboxylic acids is 2. The molecule has 2 aromatic carbocycles. The van der Waals surface area contributed by atoms with Gasteiger partial charge in [-0.2, -0.15) is 0 Å². The predicted octanol–water partition coefficient (Wildman–Crippen LogP) is 3.13. The number of hydrogen-bond acceptors (Lipinski definition) is 4. The lowest BCUT2D eigenvalue weighted by Crippen LogP contribution is -2.32. The number of imidazole rings is 1. The van der Waals surface area contributed by atoms with E-state index in [1.54, 1.807) is 18.1 Å². The number of methoxy groups -OCH3 is 1. The second-order valence-corrected chi connectivity index (χ2v) is 6.89. The van der Waals surface area contributed by atoms with Crippen LogP contribution in [0.1, 0.15) is 18.9 Å². The molecule has 0 radical (unpaired) electrons. The molecule has 0 spiro atoms. The van der Waals surface area contributed by atoms with E-state index in [1.807, 2.05) is 28.8 Å². The Kier molecular flexibility index (Phi) is 5.26. The van der Waals surface area contributed by atoms with Crippen molar-refractivity contribution in [3.63, 3.8) is 0 Å². The lowest BCUT2D eigenvalue weighted by atomic mass is 10.1. The van der Waals surface area contributed by atoms with E-state index in [4.69, 9.17) is 4.74 Å². The molecule has 0 unspecified atom stereocenters. The van der Waals surface area contributed by atoms with Crippen molar-refractivity contribution in [2.75, 3.05) is 30.5 Å². The van der Waals surface area contributed by atoms with Gasteiger partial charge in [-0.1, -0.05) is 18.2 Å². The molecule has 4 rings (SSSR count). The maximum absolute atomic E-state index is 13.4. The van der Waals surface area contributed by atoms with Gasteiger partial charge in [-0.3, -0.25) is 19.1 Å². The summed E-state index contributed by atoms with van der Waals surface area (Å²) in [6, 6.07) is 12.5. The van der Waals surface area contributed by atoms with Gasteiger partial charge in [0.25, 0.3) is 5.91 Å². The third-order valence-corrected chi connectivity index (χ3v) is 4.90. The molecule has 7 nitrogen and oxygen atoms in total. The minimum atomic E-state index is -0.700. The van der Waals surface area contributed by atoms with Crippen LogP contribution in [0.25, 0.3) is 11.0 Å². The summed E-state index contributed by atoms with van der Waals surface area (Å²) < 4.78 is 20.3. The number of carbonyl (C=O) groups is 2. The normalized spacial score (nSPS) is 15.7. The maximum Gasteiger partial charge on any atom is 0.253 e. The van der Waals surface area contributed by atoms with Crippen molar-refractivity contribution in [1.29, 1.82) is 0 Å². The number of hydrogen-bond donors (Lipinski definition) is 1. The van der Waals surface area contributed by atoms with Crippen LogP contribution in [0.3, 0.4) is 0 Å². The maximum atomic E-state index is 13.4. The Morgan fingerprint density at radius 2 is 2.07 bits per heavy atom. The van der Waals surface area contributed by atoms with E-state index in [2.05, 4.69) is 10.3 Å². The Hall–Kier alpha value is -3.26. The average molecular weight is 396 g/mol. The minimum Gasteiger partial charge on any atom is -0.385 e. The number of rotatable bonds is 7. The van der Waals surface area contributed by atoms with Crippen LogP contribution in [0.15, 0.2) is 48.5 Å². The predicted molar refractivity (Wildman–Crippen MR) is 107 cm³/mol. The van der Waals surface area contributed by atoms with Crippen molar-refractivity contribution in [1.82, 2.24) is 9.55 Å². The molecule has 3 aromatic rings. The fourth-order valence-corrected chi connectivity index (χ4v) is 3.63. The van der Waals surface area contributed by atoms with Gasteiger partial charge in [-0.15, -0.1) is 0 Å². The molecule has 1 N–H and O–H groups in total. The number of nitrogens with zero attached hydrogens (tertiary/aromatic N) is 3. The van der Waals surface area contributed by atoms with E-state index in [-0.39, 0.29) is 18.2 Å². The van der Waals surface area contributed by atoms with E-state index < -0.39 is 11.9 Å². The molecule has 0 fully saturated rings. The fraction of sp³-hybridized carbons (Fsp3) is 0.286. The van der Waals surface area contributed by atoms with Crippen molar-refractivity contribution < 1.29 is 18.7 Å². The molecule has 1 aliphatic heterocycles. The van der Waals surface area contributed by atoms with Gasteiger partial charge < -0.3 is 10.1 Å². The van der Waals surface area contributed by atoms with Crippen molar-refractivity contribution in [3.8, 4) is 0 Å². The van der Waals surface area contributed by atoms with E-state index >= 15 is 0 Å². The first-order valence-corrected chi connectivity index (χ1v) is 9.41. The van der Waals surface area contributed by atoms with Crippen molar-refractivity contribution >= 4 is 34.5 Å². The molecule has 0 saturated heterocycles. The summed E-state index contributed by atoms with van der Waals surface area (Å²) in [5, 5.41) is 2.66. The van der Waals surface area contributed by atoms with Gasteiger partial charge in [0.1, 0.15) is 11.9 Å². The van der Waals surface area contributed by atoms with Gasteiger partial charge >= 0.3 is 0 Å². The monoisotopic (exact) mass is 396 g/mol. The molecule has 29 heavy (non-hydrogen) atoms. The van der Waals surface area contributed by atoms with Crippen molar-refractivity contribution in [2.24, 2.45) is 0 Å². The number of anilines is 2. The van der Waals surface area contributed by atoms with Crippen LogP contribution in [-0.4, -0.2) is 41.6 Å². The molecule has 8 heteroatoms. The Bertz CT molecular complexity index is 1070. The molecule has 2 amide bonds. The Labute approximate surface area is 167 Å². The van der Waals surface area contributed by atoms with Crippen LogP contribution in [0.4, 0.5) is 16.0 Å². The number of fused-ring (bicyclic) bond motifs is 3. The first-order chi connectivity index (χ1) is 14.1. The number of ether oxygens (including phenoxy) is 1. The highest BCUT2D eigenvalue weighted by Gasteiger charge is 2.40. The summed E-state index contributed by atoms with van der Waals surface area (Å²) in [4.78, 5) is 31.9. The second kappa shape index (κ2) is 8.00. The smallest absolute Gasteiger partial charge is 0.253 e. The molecule has 0 saturated carbocycles. The number of nitrogens with one attached hydrogen (secondary N) is 1. The number of benzene rings is 2. The molecule has 1 aromatic heterocycles. The van der Waals surface area contributed by atoms with Crippen molar-refractivity contribution in [3.05, 3.63) is 54.3 Å². The summed E-state index contributed by atoms with van der Waals surface area (Å²) in [6.45, 7) is 0.979. The summed E-state index contributed by atoms with van der Waals surface area (Å²) in [6.07, 6.45) is 0.594. The van der Waals surface area contributed by atoms with Gasteiger partial charge in [-0.05, 0) is 36.8 Å². The van der Waals surface area contributed by atoms with E-state index in [0.717, 1.165) is 11.0 Å². The molecular weight excluding hydrogens is 375 g/mol. The summed E-state index contributed by atoms with van der Waals surface area (Å²) in [7, 11) is 1.61. The van der Waals surface area contributed by atoms with Crippen LogP contribution in [-0.2, 0) is 14.3 Å². The highest BCUT2D eigenvalue weighted by Crippen LogP contribution is 2.36.